The first-order valence-electron chi connectivity index (χ1n) is 25.2. The van der Waals surface area contributed by atoms with Crippen molar-refractivity contribution >= 4 is 5.91 Å². The summed E-state index contributed by atoms with van der Waals surface area (Å²) in [6.07, 6.45) is 24.7. The van der Waals surface area contributed by atoms with Crippen molar-refractivity contribution in [1.29, 1.82) is 0 Å². The van der Waals surface area contributed by atoms with Crippen LogP contribution in [0.4, 0.5) is 0 Å². The van der Waals surface area contributed by atoms with Crippen LogP contribution in [0.3, 0.4) is 0 Å². The molecule has 12 atom stereocenters. The average Bonchev–Trinajstić information content (AvgIpc) is 3.29. The highest BCUT2D eigenvalue weighted by molar-refractivity contribution is 5.76. The first-order chi connectivity index (χ1) is 31.1. The van der Waals surface area contributed by atoms with Gasteiger partial charge in [-0.05, 0) is 44.9 Å². The summed E-state index contributed by atoms with van der Waals surface area (Å²) in [7, 11) is 0. The molecule has 2 heterocycles. The largest absolute Gasteiger partial charge is 0.394 e. The van der Waals surface area contributed by atoms with Crippen molar-refractivity contribution in [1.82, 2.24) is 5.32 Å². The van der Waals surface area contributed by atoms with E-state index in [9.17, 15) is 45.6 Å². The number of carbonyl (C=O) groups excluding carboxylic acids is 1. The van der Waals surface area contributed by atoms with Crippen LogP contribution < -0.4 is 5.32 Å². The molecule has 0 spiro atoms. The summed E-state index contributed by atoms with van der Waals surface area (Å²) in [5.74, 6) is -0.255. The van der Waals surface area contributed by atoms with Crippen molar-refractivity contribution in [2.45, 2.75) is 254 Å². The maximum absolute atomic E-state index is 13.1. The van der Waals surface area contributed by atoms with Gasteiger partial charge in [-0.2, -0.15) is 0 Å². The summed E-state index contributed by atoms with van der Waals surface area (Å²) in [5, 5.41) is 86.6. The summed E-state index contributed by atoms with van der Waals surface area (Å²) in [5.41, 5.74) is 0. The van der Waals surface area contributed by atoms with E-state index in [0.717, 1.165) is 44.9 Å². The Balaban J connectivity index is 1.89. The molecule has 2 aliphatic heterocycles. The zero-order chi connectivity index (χ0) is 46.8. The quantitative estimate of drug-likeness (QED) is 0.0244. The lowest BCUT2D eigenvalue weighted by atomic mass is 9.97. The maximum atomic E-state index is 13.1. The first kappa shape index (κ1) is 58.3. The Labute approximate surface area is 385 Å². The second kappa shape index (κ2) is 37.2. The van der Waals surface area contributed by atoms with E-state index in [0.29, 0.717) is 12.8 Å². The van der Waals surface area contributed by atoms with Gasteiger partial charge < -0.3 is 65.1 Å². The molecule has 1 amide bonds. The Bertz CT molecular complexity index is 1220. The van der Waals surface area contributed by atoms with E-state index in [1.807, 2.05) is 6.08 Å². The molecule has 0 bridgehead atoms. The fourth-order valence-electron chi connectivity index (χ4n) is 8.14. The number of nitrogens with one attached hydrogen (secondary N) is 1. The molecule has 0 radical (unpaired) electrons. The fourth-order valence-corrected chi connectivity index (χ4v) is 8.14. The SMILES string of the molecule is CCCCCCCCC/C=C/CC/C=C/CC/C=C/C(O)C(COC1OC(CO)C(OC2OC(CO)C(O)C(O)C2O)C(O)C1O)NC(=O)CCCCCCCCCCCCCCC. The number of hydrogen-bond donors (Lipinski definition) is 9. The van der Waals surface area contributed by atoms with E-state index in [-0.39, 0.29) is 18.9 Å². The lowest BCUT2D eigenvalue weighted by Gasteiger charge is -2.46. The molecule has 12 unspecified atom stereocenters. The predicted octanol–water partition coefficient (Wildman–Crippen LogP) is 6.32. The van der Waals surface area contributed by atoms with Gasteiger partial charge in [-0.25, -0.2) is 0 Å². The number of unbranched alkanes of at least 4 members (excludes halogenated alkanes) is 21. The molecule has 0 aliphatic carbocycles. The highest BCUT2D eigenvalue weighted by Crippen LogP contribution is 2.30. The van der Waals surface area contributed by atoms with Gasteiger partial charge in [0, 0.05) is 6.42 Å². The third-order valence-electron chi connectivity index (χ3n) is 12.3. The molecular formula is C50H91NO13. The number of ether oxygens (including phenoxy) is 4. The van der Waals surface area contributed by atoms with E-state index in [2.05, 4.69) is 43.5 Å². The lowest BCUT2D eigenvalue weighted by Crippen LogP contribution is -2.65. The van der Waals surface area contributed by atoms with Gasteiger partial charge >= 0.3 is 0 Å². The Morgan fingerprint density at radius 1 is 0.547 bits per heavy atom. The molecule has 0 aromatic rings. The predicted molar refractivity (Wildman–Crippen MR) is 249 cm³/mol. The number of hydrogen-bond acceptors (Lipinski definition) is 13. The van der Waals surface area contributed by atoms with Gasteiger partial charge in [-0.15, -0.1) is 0 Å². The van der Waals surface area contributed by atoms with Crippen LogP contribution in [-0.2, 0) is 23.7 Å². The van der Waals surface area contributed by atoms with Crippen LogP contribution in [0, 0.1) is 0 Å². The van der Waals surface area contributed by atoms with E-state index < -0.39 is 86.8 Å². The standard InChI is InChI=1S/C50H91NO13/c1-3-5-7-9-11-13-15-17-18-19-20-22-23-25-27-29-31-33-39(54)38(51-42(55)34-32-30-28-26-24-21-16-14-12-10-8-6-4-2)37-61-49-47(60)45(58)48(41(36-53)63-49)64-50-46(59)44(57)43(56)40(35-52)62-50/h18-19,23,25,31,33,38-41,43-50,52-54,56-60H,3-17,20-22,24,26-30,32,34-37H2,1-2H3,(H,51,55)/b19-18+,25-23+,33-31+. The van der Waals surface area contributed by atoms with Gasteiger partial charge in [-0.3, -0.25) is 4.79 Å². The Morgan fingerprint density at radius 3 is 1.53 bits per heavy atom. The number of rotatable bonds is 38. The third kappa shape index (κ3) is 24.3. The van der Waals surface area contributed by atoms with Crippen LogP contribution in [-0.4, -0.2) is 140 Å². The number of carbonyl (C=O) groups is 1. The molecule has 2 aliphatic rings. The zero-order valence-corrected chi connectivity index (χ0v) is 39.5. The van der Waals surface area contributed by atoms with Crippen LogP contribution in [0.1, 0.15) is 181 Å². The van der Waals surface area contributed by atoms with Gasteiger partial charge in [0.15, 0.2) is 12.6 Å². The highest BCUT2D eigenvalue weighted by atomic mass is 16.7. The number of aliphatic hydroxyl groups excluding tert-OH is 8. The number of amides is 1. The summed E-state index contributed by atoms with van der Waals surface area (Å²) in [6.45, 7) is 2.74. The highest BCUT2D eigenvalue weighted by Gasteiger charge is 2.51. The molecule has 14 nitrogen and oxygen atoms in total. The zero-order valence-electron chi connectivity index (χ0n) is 39.5. The first-order valence-corrected chi connectivity index (χ1v) is 25.2. The van der Waals surface area contributed by atoms with Crippen molar-refractivity contribution in [3.05, 3.63) is 36.5 Å². The number of allylic oxidation sites excluding steroid dienone is 5. The van der Waals surface area contributed by atoms with Gasteiger partial charge in [0.2, 0.25) is 5.91 Å². The van der Waals surface area contributed by atoms with Crippen LogP contribution in [0.5, 0.6) is 0 Å². The second-order valence-corrected chi connectivity index (χ2v) is 17.9. The molecule has 9 N–H and O–H groups in total. The molecule has 0 saturated carbocycles. The van der Waals surface area contributed by atoms with Crippen LogP contribution in [0.2, 0.25) is 0 Å². The summed E-state index contributed by atoms with van der Waals surface area (Å²) in [6, 6.07) is -0.933. The van der Waals surface area contributed by atoms with Gasteiger partial charge in [-0.1, -0.05) is 166 Å². The monoisotopic (exact) mass is 914 g/mol. The molecule has 64 heavy (non-hydrogen) atoms. The topological polar surface area (TPSA) is 228 Å². The van der Waals surface area contributed by atoms with E-state index in [1.165, 1.54) is 103 Å². The second-order valence-electron chi connectivity index (χ2n) is 17.9. The lowest BCUT2D eigenvalue weighted by molar-refractivity contribution is -0.359. The van der Waals surface area contributed by atoms with E-state index in [1.54, 1.807) is 6.08 Å². The smallest absolute Gasteiger partial charge is 0.220 e. The van der Waals surface area contributed by atoms with Gasteiger partial charge in [0.25, 0.3) is 0 Å². The minimum Gasteiger partial charge on any atom is -0.394 e. The Hall–Kier alpha value is -1.79. The molecule has 14 heteroatoms. The summed E-state index contributed by atoms with van der Waals surface area (Å²) >= 11 is 0. The molecule has 0 aromatic carbocycles. The van der Waals surface area contributed by atoms with Crippen LogP contribution >= 0.6 is 0 Å². The van der Waals surface area contributed by atoms with Crippen molar-refractivity contribution in [2.75, 3.05) is 19.8 Å². The number of aliphatic hydroxyl groups is 8. The average molecular weight is 914 g/mol. The summed E-state index contributed by atoms with van der Waals surface area (Å²) in [4.78, 5) is 13.1. The molecular weight excluding hydrogens is 823 g/mol. The molecule has 2 fully saturated rings. The molecule has 374 valence electrons. The molecule has 2 saturated heterocycles. The summed E-state index contributed by atoms with van der Waals surface area (Å²) < 4.78 is 22.6. The minimum atomic E-state index is -1.79. The van der Waals surface area contributed by atoms with Crippen molar-refractivity contribution < 1.29 is 64.6 Å². The normalized spacial score (nSPS) is 27.5. The van der Waals surface area contributed by atoms with E-state index in [4.69, 9.17) is 18.9 Å². The minimum absolute atomic E-state index is 0.255. The Morgan fingerprint density at radius 2 is 1.00 bits per heavy atom. The van der Waals surface area contributed by atoms with Crippen molar-refractivity contribution in [3.63, 3.8) is 0 Å². The third-order valence-corrected chi connectivity index (χ3v) is 12.3. The fraction of sp³-hybridized carbons (Fsp3) is 0.860. The van der Waals surface area contributed by atoms with Crippen molar-refractivity contribution in [3.8, 4) is 0 Å². The van der Waals surface area contributed by atoms with Crippen LogP contribution in [0.15, 0.2) is 36.5 Å². The maximum Gasteiger partial charge on any atom is 0.220 e. The molecule has 2 rings (SSSR count). The van der Waals surface area contributed by atoms with Crippen molar-refractivity contribution in [2.24, 2.45) is 0 Å². The van der Waals surface area contributed by atoms with Gasteiger partial charge in [0.05, 0.1) is 32.0 Å². The van der Waals surface area contributed by atoms with E-state index >= 15 is 0 Å². The van der Waals surface area contributed by atoms with Gasteiger partial charge in [0.1, 0.15) is 48.8 Å². The molecule has 0 aromatic heterocycles. The van der Waals surface area contributed by atoms with Crippen LogP contribution in [0.25, 0.3) is 0 Å². The Kier molecular flexibility index (Phi) is 33.9.